The molecule has 0 spiro atoms. The molecular formula is C9H15N5O2. The molecule has 0 saturated carbocycles. The molecule has 2 N–H and O–H groups in total. The number of hydrogen-bond acceptors (Lipinski definition) is 3. The molecule has 0 aromatic carbocycles. The molecule has 0 aliphatic carbocycles. The van der Waals surface area contributed by atoms with E-state index in [1.165, 1.54) is 22.0 Å². The summed E-state index contributed by atoms with van der Waals surface area (Å²) in [5.74, 6) is 0. The second-order valence-corrected chi connectivity index (χ2v) is 3.33. The van der Waals surface area contributed by atoms with E-state index in [1.807, 2.05) is 0 Å². The summed E-state index contributed by atoms with van der Waals surface area (Å²) in [4.78, 5) is 27.7. The van der Waals surface area contributed by atoms with Gasteiger partial charge in [-0.2, -0.15) is 0 Å². The van der Waals surface area contributed by atoms with E-state index >= 15 is 0 Å². The third-order valence-corrected chi connectivity index (χ3v) is 1.82. The van der Waals surface area contributed by atoms with E-state index in [4.69, 9.17) is 0 Å². The van der Waals surface area contributed by atoms with Crippen LogP contribution in [0.3, 0.4) is 0 Å². The summed E-state index contributed by atoms with van der Waals surface area (Å²) in [7, 11) is 3.30. The minimum Gasteiger partial charge on any atom is -0.336 e. The zero-order valence-corrected chi connectivity index (χ0v) is 9.30. The third-order valence-electron chi connectivity index (χ3n) is 1.82. The van der Waals surface area contributed by atoms with Gasteiger partial charge in [0.25, 0.3) is 0 Å². The zero-order valence-electron chi connectivity index (χ0n) is 9.30. The Hall–Kier alpha value is -2.05. The van der Waals surface area contributed by atoms with Crippen LogP contribution in [0.15, 0.2) is 18.7 Å². The van der Waals surface area contributed by atoms with Crippen LogP contribution in [0.4, 0.5) is 9.59 Å². The Balaban J connectivity index is 2.17. The maximum atomic E-state index is 11.4. The molecule has 3 amide bonds. The maximum absolute atomic E-state index is 11.4. The first-order valence-electron chi connectivity index (χ1n) is 4.82. The highest BCUT2D eigenvalue weighted by molar-refractivity contribution is 5.76. The van der Waals surface area contributed by atoms with Crippen molar-refractivity contribution in [3.8, 4) is 0 Å². The average Bonchev–Trinajstić information content (AvgIpc) is 2.76. The van der Waals surface area contributed by atoms with Gasteiger partial charge in [-0.3, -0.25) is 4.57 Å². The first kappa shape index (κ1) is 12.0. The normalized spacial score (nSPS) is 9.62. The van der Waals surface area contributed by atoms with Crippen LogP contribution in [0, 0.1) is 0 Å². The molecule has 1 aromatic rings. The number of aromatic nitrogens is 2. The Morgan fingerprint density at radius 1 is 1.31 bits per heavy atom. The van der Waals surface area contributed by atoms with Gasteiger partial charge in [-0.15, -0.1) is 0 Å². The standard InChI is InChI=1S/C9H15N5O2/c1-13(2)8(15)11-3-4-12-9(16)14-6-5-10-7-14/h5-7H,3-4H2,1-2H3,(H,11,15)(H,12,16). The fourth-order valence-electron chi connectivity index (χ4n) is 0.968. The lowest BCUT2D eigenvalue weighted by Gasteiger charge is -2.12. The predicted molar refractivity (Wildman–Crippen MR) is 58.1 cm³/mol. The van der Waals surface area contributed by atoms with E-state index in [0.29, 0.717) is 13.1 Å². The average molecular weight is 225 g/mol. The highest BCUT2D eigenvalue weighted by Gasteiger charge is 2.03. The molecule has 0 bridgehead atoms. The van der Waals surface area contributed by atoms with Crippen LogP contribution in [0.25, 0.3) is 0 Å². The molecule has 0 radical (unpaired) electrons. The van der Waals surface area contributed by atoms with Crippen LogP contribution < -0.4 is 10.6 Å². The molecule has 16 heavy (non-hydrogen) atoms. The summed E-state index contributed by atoms with van der Waals surface area (Å²) in [6, 6.07) is -0.450. The molecule has 7 nitrogen and oxygen atoms in total. The summed E-state index contributed by atoms with van der Waals surface area (Å²) in [6.45, 7) is 0.758. The van der Waals surface area contributed by atoms with Crippen molar-refractivity contribution in [1.29, 1.82) is 0 Å². The molecule has 7 heteroatoms. The summed E-state index contributed by atoms with van der Waals surface area (Å²) >= 11 is 0. The third kappa shape index (κ3) is 3.60. The number of carbonyl (C=O) groups is 2. The summed E-state index contributed by atoms with van der Waals surface area (Å²) in [5.41, 5.74) is 0. The van der Waals surface area contributed by atoms with Crippen molar-refractivity contribution in [2.45, 2.75) is 0 Å². The van der Waals surface area contributed by atoms with Crippen molar-refractivity contribution in [2.24, 2.45) is 0 Å². The van der Waals surface area contributed by atoms with Gasteiger partial charge in [0, 0.05) is 39.6 Å². The van der Waals surface area contributed by atoms with Gasteiger partial charge in [0.1, 0.15) is 6.33 Å². The molecule has 1 aromatic heterocycles. The number of rotatable bonds is 3. The number of imidazole rings is 1. The predicted octanol–water partition coefficient (Wildman–Crippen LogP) is -0.288. The largest absolute Gasteiger partial charge is 0.336 e. The van der Waals surface area contributed by atoms with E-state index in [2.05, 4.69) is 15.6 Å². The fourth-order valence-corrected chi connectivity index (χ4v) is 0.968. The van der Waals surface area contributed by atoms with Gasteiger partial charge >= 0.3 is 12.1 Å². The monoisotopic (exact) mass is 225 g/mol. The lowest BCUT2D eigenvalue weighted by molar-refractivity contribution is 0.217. The molecule has 1 rings (SSSR count). The van der Waals surface area contributed by atoms with Crippen molar-refractivity contribution < 1.29 is 9.59 Å². The molecule has 0 aliphatic heterocycles. The Morgan fingerprint density at radius 2 is 2.00 bits per heavy atom. The molecule has 0 fully saturated rings. The fraction of sp³-hybridized carbons (Fsp3) is 0.444. The van der Waals surface area contributed by atoms with Gasteiger partial charge in [0.15, 0.2) is 0 Å². The second kappa shape index (κ2) is 5.74. The van der Waals surface area contributed by atoms with Gasteiger partial charge in [0.2, 0.25) is 0 Å². The number of nitrogens with one attached hydrogen (secondary N) is 2. The minimum absolute atomic E-state index is 0.183. The molecular weight excluding hydrogens is 210 g/mol. The van der Waals surface area contributed by atoms with Gasteiger partial charge in [-0.25, -0.2) is 14.6 Å². The van der Waals surface area contributed by atoms with Crippen LogP contribution in [0.1, 0.15) is 0 Å². The van der Waals surface area contributed by atoms with Crippen LogP contribution in [-0.4, -0.2) is 53.7 Å². The van der Waals surface area contributed by atoms with E-state index in [9.17, 15) is 9.59 Å². The molecule has 0 unspecified atom stereocenters. The molecule has 1 heterocycles. The summed E-state index contributed by atoms with van der Waals surface area (Å²) in [6.07, 6.45) is 4.48. The highest BCUT2D eigenvalue weighted by Crippen LogP contribution is 1.83. The van der Waals surface area contributed by atoms with Crippen LogP contribution >= 0.6 is 0 Å². The maximum Gasteiger partial charge on any atom is 0.326 e. The Kier molecular flexibility index (Phi) is 4.31. The number of nitrogens with zero attached hydrogens (tertiary/aromatic N) is 3. The van der Waals surface area contributed by atoms with Crippen LogP contribution in [-0.2, 0) is 0 Å². The van der Waals surface area contributed by atoms with E-state index in [0.717, 1.165) is 0 Å². The quantitative estimate of drug-likeness (QED) is 0.694. The molecule has 0 saturated heterocycles. The topological polar surface area (TPSA) is 79.3 Å². The molecule has 0 atom stereocenters. The van der Waals surface area contributed by atoms with E-state index in [1.54, 1.807) is 20.3 Å². The number of amides is 3. The number of hydrogen-bond donors (Lipinski definition) is 2. The van der Waals surface area contributed by atoms with Gasteiger partial charge in [-0.05, 0) is 0 Å². The SMILES string of the molecule is CN(C)C(=O)NCCNC(=O)n1ccnc1. The van der Waals surface area contributed by atoms with Gasteiger partial charge in [0.05, 0.1) is 0 Å². The minimum atomic E-state index is -0.267. The Morgan fingerprint density at radius 3 is 2.56 bits per heavy atom. The summed E-state index contributed by atoms with van der Waals surface area (Å²) < 4.78 is 1.33. The number of urea groups is 1. The van der Waals surface area contributed by atoms with E-state index < -0.39 is 0 Å². The van der Waals surface area contributed by atoms with Gasteiger partial charge < -0.3 is 15.5 Å². The lowest BCUT2D eigenvalue weighted by atomic mass is 10.6. The van der Waals surface area contributed by atoms with E-state index in [-0.39, 0.29) is 12.1 Å². The van der Waals surface area contributed by atoms with Crippen molar-refractivity contribution in [3.05, 3.63) is 18.7 Å². The first-order chi connectivity index (χ1) is 7.61. The number of carbonyl (C=O) groups excluding carboxylic acids is 2. The van der Waals surface area contributed by atoms with Crippen molar-refractivity contribution in [1.82, 2.24) is 25.1 Å². The zero-order chi connectivity index (χ0) is 12.0. The summed E-state index contributed by atoms with van der Waals surface area (Å²) in [5, 5.41) is 5.26. The molecule has 88 valence electrons. The second-order valence-electron chi connectivity index (χ2n) is 3.33. The van der Waals surface area contributed by atoms with Crippen molar-refractivity contribution >= 4 is 12.1 Å². The Bertz CT molecular complexity index is 347. The van der Waals surface area contributed by atoms with Crippen LogP contribution in [0.2, 0.25) is 0 Å². The smallest absolute Gasteiger partial charge is 0.326 e. The lowest BCUT2D eigenvalue weighted by Crippen LogP contribution is -2.40. The van der Waals surface area contributed by atoms with Gasteiger partial charge in [-0.1, -0.05) is 0 Å². The Labute approximate surface area is 93.4 Å². The molecule has 0 aliphatic rings. The van der Waals surface area contributed by atoms with Crippen LogP contribution in [0.5, 0.6) is 0 Å². The first-order valence-corrected chi connectivity index (χ1v) is 4.82. The highest BCUT2D eigenvalue weighted by atomic mass is 16.2. The van der Waals surface area contributed by atoms with Crippen molar-refractivity contribution in [3.63, 3.8) is 0 Å². The van der Waals surface area contributed by atoms with Crippen molar-refractivity contribution in [2.75, 3.05) is 27.2 Å².